The summed E-state index contributed by atoms with van der Waals surface area (Å²) in [5.74, 6) is 0.981. The van der Waals surface area contributed by atoms with Crippen LogP contribution in [0.15, 0.2) is 0 Å². The monoisotopic (exact) mass is 157 g/mol. The van der Waals surface area contributed by atoms with Gasteiger partial charge in [-0.1, -0.05) is 6.42 Å². The topological polar surface area (TPSA) is 3.24 Å². The normalized spacial score (nSPS) is 40.5. The fourth-order valence-corrected chi connectivity index (χ4v) is 2.92. The highest BCUT2D eigenvalue weighted by Crippen LogP contribution is 2.35. The Bertz CT molecular complexity index is 110. The number of fused-ring (bicyclic) bond motifs is 2. The van der Waals surface area contributed by atoms with E-state index in [-0.39, 0.29) is 0 Å². The molecule has 0 aromatic carbocycles. The Morgan fingerprint density at radius 1 is 1.10 bits per heavy atom. The van der Waals surface area contributed by atoms with Crippen LogP contribution in [0.5, 0.6) is 0 Å². The Hall–Kier alpha value is 0.310. The highest BCUT2D eigenvalue weighted by molar-refractivity contribution is 7.80. The lowest BCUT2D eigenvalue weighted by Crippen LogP contribution is -2.38. The highest BCUT2D eigenvalue weighted by Gasteiger charge is 2.34. The van der Waals surface area contributed by atoms with Crippen molar-refractivity contribution in [3.63, 3.8) is 0 Å². The van der Waals surface area contributed by atoms with Gasteiger partial charge in [0.2, 0.25) is 0 Å². The first kappa shape index (κ1) is 6.99. The molecule has 0 saturated carbocycles. The van der Waals surface area contributed by atoms with Crippen molar-refractivity contribution in [2.45, 2.75) is 44.2 Å². The van der Waals surface area contributed by atoms with Gasteiger partial charge in [-0.25, -0.2) is 0 Å². The number of nitrogens with zero attached hydrogens (tertiary/aromatic N) is 1. The van der Waals surface area contributed by atoms with E-state index in [9.17, 15) is 0 Å². The molecule has 0 aromatic rings. The van der Waals surface area contributed by atoms with E-state index in [1.165, 1.54) is 32.1 Å². The summed E-state index contributed by atoms with van der Waals surface area (Å²) >= 11 is 4.35. The Kier molecular flexibility index (Phi) is 1.92. The minimum Gasteiger partial charge on any atom is -0.289 e. The second-order valence-electron chi connectivity index (χ2n) is 3.47. The molecule has 2 aliphatic rings. The summed E-state index contributed by atoms with van der Waals surface area (Å²) in [4.78, 5) is 2.58. The Morgan fingerprint density at radius 2 is 1.70 bits per heavy atom. The molecule has 0 spiro atoms. The van der Waals surface area contributed by atoms with Crippen molar-refractivity contribution in [3.05, 3.63) is 0 Å². The number of piperidine rings is 1. The van der Waals surface area contributed by atoms with Gasteiger partial charge in [-0.15, -0.1) is 0 Å². The molecule has 2 saturated heterocycles. The van der Waals surface area contributed by atoms with E-state index in [4.69, 9.17) is 0 Å². The van der Waals surface area contributed by atoms with Gasteiger partial charge in [0.05, 0.1) is 0 Å². The van der Waals surface area contributed by atoms with E-state index in [2.05, 4.69) is 17.5 Å². The molecule has 2 heteroatoms. The second-order valence-corrected chi connectivity index (χ2v) is 3.75. The summed E-state index contributed by atoms with van der Waals surface area (Å²) in [6.45, 7) is 0. The molecule has 2 fully saturated rings. The van der Waals surface area contributed by atoms with Crippen LogP contribution in [-0.2, 0) is 0 Å². The van der Waals surface area contributed by atoms with Gasteiger partial charge in [-0.2, -0.15) is 12.6 Å². The number of thiol groups is 1. The first-order valence-electron chi connectivity index (χ1n) is 4.28. The third kappa shape index (κ3) is 0.978. The van der Waals surface area contributed by atoms with Crippen LogP contribution in [0.1, 0.15) is 32.1 Å². The lowest BCUT2D eigenvalue weighted by molar-refractivity contribution is 0.170. The fraction of sp³-hybridized carbons (Fsp3) is 1.00. The third-order valence-corrected chi connectivity index (χ3v) is 3.34. The van der Waals surface area contributed by atoms with Gasteiger partial charge in [0.1, 0.15) is 0 Å². The predicted octanol–water partition coefficient (Wildman–Crippen LogP) is 1.89. The smallest absolute Gasteiger partial charge is 0.0420 e. The van der Waals surface area contributed by atoms with E-state index in [1.54, 1.807) is 0 Å². The summed E-state index contributed by atoms with van der Waals surface area (Å²) in [5, 5.41) is 0. The van der Waals surface area contributed by atoms with Gasteiger partial charge in [-0.05, 0) is 25.7 Å². The van der Waals surface area contributed by atoms with E-state index in [0.29, 0.717) is 0 Å². The predicted molar refractivity (Wildman–Crippen MR) is 46.4 cm³/mol. The van der Waals surface area contributed by atoms with Crippen LogP contribution in [0.4, 0.5) is 0 Å². The molecule has 2 atom stereocenters. The zero-order chi connectivity index (χ0) is 6.97. The van der Waals surface area contributed by atoms with Crippen LogP contribution in [0.2, 0.25) is 0 Å². The van der Waals surface area contributed by atoms with Crippen LogP contribution >= 0.6 is 12.6 Å². The van der Waals surface area contributed by atoms with E-state index < -0.39 is 0 Å². The van der Waals surface area contributed by atoms with Crippen LogP contribution in [0.25, 0.3) is 0 Å². The molecule has 10 heavy (non-hydrogen) atoms. The standard InChI is InChI=1S/C8H15NS/c10-6-9-7-2-1-3-8(9)5-4-7/h7-8,10H,1-6H2/t7-,8+. The quantitative estimate of drug-likeness (QED) is 0.569. The summed E-state index contributed by atoms with van der Waals surface area (Å²) in [5.41, 5.74) is 0. The molecule has 0 unspecified atom stereocenters. The van der Waals surface area contributed by atoms with Crippen molar-refractivity contribution in [2.75, 3.05) is 5.88 Å². The van der Waals surface area contributed by atoms with Crippen molar-refractivity contribution in [2.24, 2.45) is 0 Å². The van der Waals surface area contributed by atoms with Crippen LogP contribution in [0.3, 0.4) is 0 Å². The molecule has 0 aliphatic carbocycles. The SMILES string of the molecule is SCN1[C@@H]2CCC[C@H]1CC2. The Morgan fingerprint density at radius 3 is 2.10 bits per heavy atom. The Balaban J connectivity index is 2.06. The van der Waals surface area contributed by atoms with Crippen molar-refractivity contribution in [3.8, 4) is 0 Å². The second kappa shape index (κ2) is 2.74. The molecule has 2 aliphatic heterocycles. The molecule has 0 aromatic heterocycles. The molecule has 2 heterocycles. The average molecular weight is 157 g/mol. The van der Waals surface area contributed by atoms with E-state index in [1.807, 2.05) is 0 Å². The average Bonchev–Trinajstić information content (AvgIpc) is 2.19. The largest absolute Gasteiger partial charge is 0.289 e. The van der Waals surface area contributed by atoms with Crippen LogP contribution < -0.4 is 0 Å². The maximum atomic E-state index is 4.35. The first-order chi connectivity index (χ1) is 4.92. The molecule has 0 N–H and O–H groups in total. The van der Waals surface area contributed by atoms with Gasteiger partial charge in [0.25, 0.3) is 0 Å². The molecule has 2 bridgehead atoms. The fourth-order valence-electron chi connectivity index (χ4n) is 2.45. The van der Waals surface area contributed by atoms with Gasteiger partial charge in [0, 0.05) is 18.0 Å². The van der Waals surface area contributed by atoms with E-state index in [0.717, 1.165) is 18.0 Å². The van der Waals surface area contributed by atoms with Gasteiger partial charge in [0.15, 0.2) is 0 Å². The van der Waals surface area contributed by atoms with Crippen molar-refractivity contribution in [1.29, 1.82) is 0 Å². The molecule has 1 nitrogen and oxygen atoms in total. The number of hydrogen-bond donors (Lipinski definition) is 1. The first-order valence-corrected chi connectivity index (χ1v) is 4.91. The molecular weight excluding hydrogens is 142 g/mol. The number of rotatable bonds is 1. The lowest BCUT2D eigenvalue weighted by Gasteiger charge is -2.32. The summed E-state index contributed by atoms with van der Waals surface area (Å²) in [7, 11) is 0. The number of hydrogen-bond acceptors (Lipinski definition) is 2. The van der Waals surface area contributed by atoms with E-state index >= 15 is 0 Å². The zero-order valence-corrected chi connectivity index (χ0v) is 7.19. The summed E-state index contributed by atoms with van der Waals surface area (Å²) in [6, 6.07) is 1.80. The van der Waals surface area contributed by atoms with Crippen molar-refractivity contribution < 1.29 is 0 Å². The highest BCUT2D eigenvalue weighted by atomic mass is 32.1. The minimum absolute atomic E-state index is 0.899. The van der Waals surface area contributed by atoms with Crippen LogP contribution in [0, 0.1) is 0 Å². The molecule has 0 radical (unpaired) electrons. The molecule has 58 valence electrons. The van der Waals surface area contributed by atoms with Gasteiger partial charge < -0.3 is 0 Å². The zero-order valence-electron chi connectivity index (χ0n) is 6.29. The maximum Gasteiger partial charge on any atom is 0.0420 e. The van der Waals surface area contributed by atoms with Crippen LogP contribution in [-0.4, -0.2) is 22.9 Å². The molecule has 2 rings (SSSR count). The van der Waals surface area contributed by atoms with Crippen molar-refractivity contribution >= 4 is 12.6 Å². The van der Waals surface area contributed by atoms with Crippen molar-refractivity contribution in [1.82, 2.24) is 4.90 Å². The van der Waals surface area contributed by atoms with Gasteiger partial charge in [-0.3, -0.25) is 4.90 Å². The van der Waals surface area contributed by atoms with Gasteiger partial charge >= 0.3 is 0 Å². The maximum absolute atomic E-state index is 4.35. The summed E-state index contributed by atoms with van der Waals surface area (Å²) < 4.78 is 0. The molecular formula is C8H15NS. The Labute approximate surface area is 68.2 Å². The third-order valence-electron chi connectivity index (χ3n) is 3.01. The summed E-state index contributed by atoms with van der Waals surface area (Å²) in [6.07, 6.45) is 7.18. The lowest BCUT2D eigenvalue weighted by atomic mass is 10.0. The molecule has 0 amide bonds. The minimum atomic E-state index is 0.899.